The number of carbonyl (C=O) groups excluding carboxylic acids is 3. The van der Waals surface area contributed by atoms with Gasteiger partial charge in [-0.25, -0.2) is 0 Å². The van der Waals surface area contributed by atoms with E-state index in [1.54, 1.807) is 0 Å². The lowest BCUT2D eigenvalue weighted by Gasteiger charge is -2.18. The summed E-state index contributed by atoms with van der Waals surface area (Å²) in [7, 11) is 0. The molecular weight excluding hydrogens is 612 g/mol. The quantitative estimate of drug-likeness (QED) is 0.0286. The molecule has 0 aliphatic heterocycles. The summed E-state index contributed by atoms with van der Waals surface area (Å²) < 4.78 is 16.5. The van der Waals surface area contributed by atoms with E-state index in [1.165, 1.54) is 38.5 Å². The first-order chi connectivity index (χ1) is 24.0. The molecule has 0 bridgehead atoms. The van der Waals surface area contributed by atoms with E-state index < -0.39 is 6.10 Å². The smallest absolute Gasteiger partial charge is 0.306 e. The van der Waals surface area contributed by atoms with Gasteiger partial charge in [0.15, 0.2) is 6.10 Å². The number of allylic oxidation sites excluding steroid dienone is 8. The zero-order chi connectivity index (χ0) is 35.9. The third-order valence-electron chi connectivity index (χ3n) is 8.29. The fourth-order valence-corrected chi connectivity index (χ4v) is 5.23. The molecule has 282 valence electrons. The van der Waals surface area contributed by atoms with Crippen LogP contribution < -0.4 is 0 Å². The Morgan fingerprint density at radius 2 is 0.837 bits per heavy atom. The molecule has 0 amide bonds. The first-order valence-electron chi connectivity index (χ1n) is 20.1. The van der Waals surface area contributed by atoms with Crippen LogP contribution in [0.2, 0.25) is 0 Å². The predicted molar refractivity (Wildman–Crippen MR) is 205 cm³/mol. The highest BCUT2D eigenvalue weighted by Crippen LogP contribution is 2.12. The summed E-state index contributed by atoms with van der Waals surface area (Å²) >= 11 is 0. The summed E-state index contributed by atoms with van der Waals surface area (Å²) in [5, 5.41) is 0. The second-order valence-electron chi connectivity index (χ2n) is 13.2. The van der Waals surface area contributed by atoms with E-state index in [1.807, 2.05) is 0 Å². The Labute approximate surface area is 301 Å². The lowest BCUT2D eigenvalue weighted by Crippen LogP contribution is -2.30. The Morgan fingerprint density at radius 3 is 1.39 bits per heavy atom. The van der Waals surface area contributed by atoms with Crippen LogP contribution in [0.15, 0.2) is 48.6 Å². The van der Waals surface area contributed by atoms with Gasteiger partial charge in [-0.1, -0.05) is 134 Å². The molecule has 0 aliphatic carbocycles. The first-order valence-corrected chi connectivity index (χ1v) is 20.1. The average Bonchev–Trinajstić information content (AvgIpc) is 3.10. The van der Waals surface area contributed by atoms with Crippen molar-refractivity contribution in [1.29, 1.82) is 0 Å². The molecule has 6 nitrogen and oxygen atoms in total. The summed E-state index contributed by atoms with van der Waals surface area (Å²) in [5.41, 5.74) is 0. The molecule has 0 aromatic carbocycles. The molecule has 0 saturated carbocycles. The summed E-state index contributed by atoms with van der Waals surface area (Å²) in [6.45, 7) is 6.37. The molecule has 0 rings (SSSR count). The Kier molecular flexibility index (Phi) is 36.1. The number of ether oxygens (including phenoxy) is 3. The highest BCUT2D eigenvalue weighted by Gasteiger charge is 2.19. The van der Waals surface area contributed by atoms with Crippen LogP contribution in [0.1, 0.15) is 188 Å². The number of carbonyl (C=O) groups is 3. The second kappa shape index (κ2) is 38.2. The molecule has 0 heterocycles. The molecule has 0 radical (unpaired) electrons. The molecule has 0 fully saturated rings. The summed E-state index contributed by atoms with van der Waals surface area (Å²) in [6, 6.07) is 0. The molecule has 0 spiro atoms. The zero-order valence-electron chi connectivity index (χ0n) is 31.9. The SMILES string of the molecule is CC/C=C\C/C=C\CCCCCCCC(=O)OCC(COC(=O)CCC/C=C\CCCCCC)OC(=O)CCCCCC/C=C\CCCC. The second-order valence-corrected chi connectivity index (χ2v) is 13.2. The van der Waals surface area contributed by atoms with E-state index in [4.69, 9.17) is 14.2 Å². The minimum Gasteiger partial charge on any atom is -0.462 e. The minimum absolute atomic E-state index is 0.0945. The number of hydrogen-bond donors (Lipinski definition) is 0. The Balaban J connectivity index is 4.44. The van der Waals surface area contributed by atoms with Crippen molar-refractivity contribution >= 4 is 17.9 Å². The van der Waals surface area contributed by atoms with Crippen molar-refractivity contribution in [2.24, 2.45) is 0 Å². The molecule has 0 saturated heterocycles. The maximum absolute atomic E-state index is 12.6. The van der Waals surface area contributed by atoms with Gasteiger partial charge in [-0.2, -0.15) is 0 Å². The standard InChI is InChI=1S/C43H74O6/c1-4-7-10-13-16-19-21-22-25-27-30-33-36-42(45)48-39-40(38-47-41(44)35-32-29-26-23-18-15-12-9-6-3)49-43(46)37-34-31-28-24-20-17-14-11-8-5-2/h7,10,14,16-17,19,23,26,40H,4-6,8-9,11-13,15,18,20-22,24-25,27-39H2,1-3H3/b10-7-,17-14-,19-16-,26-23-. The van der Waals surface area contributed by atoms with Crippen LogP contribution in [-0.2, 0) is 28.6 Å². The van der Waals surface area contributed by atoms with Crippen LogP contribution in [0.25, 0.3) is 0 Å². The molecule has 0 aliphatic rings. The van der Waals surface area contributed by atoms with E-state index in [0.717, 1.165) is 103 Å². The largest absolute Gasteiger partial charge is 0.462 e. The summed E-state index contributed by atoms with van der Waals surface area (Å²) in [4.78, 5) is 37.4. The molecule has 0 aromatic rings. The Hall–Kier alpha value is -2.63. The lowest BCUT2D eigenvalue weighted by atomic mass is 10.1. The van der Waals surface area contributed by atoms with Crippen molar-refractivity contribution in [3.05, 3.63) is 48.6 Å². The van der Waals surface area contributed by atoms with Crippen molar-refractivity contribution in [3.8, 4) is 0 Å². The van der Waals surface area contributed by atoms with Gasteiger partial charge in [-0.15, -0.1) is 0 Å². The van der Waals surface area contributed by atoms with Gasteiger partial charge in [0, 0.05) is 19.3 Å². The van der Waals surface area contributed by atoms with Crippen LogP contribution in [0, 0.1) is 0 Å². The summed E-state index contributed by atoms with van der Waals surface area (Å²) in [5.74, 6) is -0.968. The monoisotopic (exact) mass is 687 g/mol. The third kappa shape index (κ3) is 36.5. The van der Waals surface area contributed by atoms with Gasteiger partial charge >= 0.3 is 17.9 Å². The molecule has 1 unspecified atom stereocenters. The van der Waals surface area contributed by atoms with Gasteiger partial charge in [-0.05, 0) is 83.5 Å². The zero-order valence-corrected chi connectivity index (χ0v) is 31.9. The molecule has 49 heavy (non-hydrogen) atoms. The predicted octanol–water partition coefficient (Wildman–Crippen LogP) is 12.4. The van der Waals surface area contributed by atoms with Crippen LogP contribution in [-0.4, -0.2) is 37.2 Å². The van der Waals surface area contributed by atoms with Gasteiger partial charge in [0.1, 0.15) is 13.2 Å². The van der Waals surface area contributed by atoms with Crippen molar-refractivity contribution in [3.63, 3.8) is 0 Å². The first kappa shape index (κ1) is 46.4. The molecular formula is C43H74O6. The van der Waals surface area contributed by atoms with Gasteiger partial charge in [0.05, 0.1) is 0 Å². The molecule has 0 aromatic heterocycles. The van der Waals surface area contributed by atoms with Crippen molar-refractivity contribution in [2.45, 2.75) is 194 Å². The van der Waals surface area contributed by atoms with Crippen LogP contribution in [0.5, 0.6) is 0 Å². The molecule has 0 N–H and O–H groups in total. The van der Waals surface area contributed by atoms with E-state index >= 15 is 0 Å². The normalized spacial score (nSPS) is 12.5. The fraction of sp³-hybridized carbons (Fsp3) is 0.744. The van der Waals surface area contributed by atoms with E-state index in [-0.39, 0.29) is 31.1 Å². The fourth-order valence-electron chi connectivity index (χ4n) is 5.23. The topological polar surface area (TPSA) is 78.9 Å². The van der Waals surface area contributed by atoms with E-state index in [2.05, 4.69) is 69.4 Å². The third-order valence-corrected chi connectivity index (χ3v) is 8.29. The highest BCUT2D eigenvalue weighted by molar-refractivity contribution is 5.71. The molecule has 6 heteroatoms. The maximum Gasteiger partial charge on any atom is 0.306 e. The van der Waals surface area contributed by atoms with Gasteiger partial charge in [0.2, 0.25) is 0 Å². The maximum atomic E-state index is 12.6. The van der Waals surface area contributed by atoms with E-state index in [9.17, 15) is 14.4 Å². The summed E-state index contributed by atoms with van der Waals surface area (Å²) in [6.07, 6.45) is 42.5. The number of unbranched alkanes of at least 4 members (excludes halogenated alkanes) is 16. The van der Waals surface area contributed by atoms with Gasteiger partial charge in [-0.3, -0.25) is 14.4 Å². The number of rotatable bonds is 35. The van der Waals surface area contributed by atoms with Gasteiger partial charge in [0.25, 0.3) is 0 Å². The Bertz CT molecular complexity index is 887. The van der Waals surface area contributed by atoms with E-state index in [0.29, 0.717) is 25.7 Å². The highest BCUT2D eigenvalue weighted by atomic mass is 16.6. The van der Waals surface area contributed by atoms with Crippen molar-refractivity contribution < 1.29 is 28.6 Å². The van der Waals surface area contributed by atoms with Crippen molar-refractivity contribution in [2.75, 3.05) is 13.2 Å². The van der Waals surface area contributed by atoms with Gasteiger partial charge < -0.3 is 14.2 Å². The average molecular weight is 687 g/mol. The van der Waals surface area contributed by atoms with Crippen LogP contribution in [0.3, 0.4) is 0 Å². The van der Waals surface area contributed by atoms with Crippen LogP contribution in [0.4, 0.5) is 0 Å². The number of hydrogen-bond acceptors (Lipinski definition) is 6. The Morgan fingerprint density at radius 1 is 0.429 bits per heavy atom. The lowest BCUT2D eigenvalue weighted by molar-refractivity contribution is -0.167. The van der Waals surface area contributed by atoms with Crippen molar-refractivity contribution in [1.82, 2.24) is 0 Å². The van der Waals surface area contributed by atoms with Crippen LogP contribution >= 0.6 is 0 Å². The molecule has 1 atom stereocenters. The number of esters is 3. The minimum atomic E-state index is -0.790.